The molecule has 1 aromatic carbocycles. The average Bonchev–Trinajstić information content (AvgIpc) is 2.85. The Morgan fingerprint density at radius 1 is 1.33 bits per heavy atom. The van der Waals surface area contributed by atoms with Gasteiger partial charge in [0.1, 0.15) is 16.8 Å². The summed E-state index contributed by atoms with van der Waals surface area (Å²) in [5.74, 6) is 0.463. The first-order chi connectivity index (χ1) is 11.6. The lowest BCUT2D eigenvalue weighted by Crippen LogP contribution is -2.12. The number of nitrogens with zero attached hydrogens (tertiary/aromatic N) is 1. The van der Waals surface area contributed by atoms with Crippen LogP contribution in [-0.4, -0.2) is 12.5 Å². The maximum Gasteiger partial charge on any atom is 0.256 e. The summed E-state index contributed by atoms with van der Waals surface area (Å²) in [6, 6.07) is 9.30. The summed E-state index contributed by atoms with van der Waals surface area (Å²) in [6.45, 7) is 6.64. The molecule has 0 aliphatic carbocycles. The van der Waals surface area contributed by atoms with E-state index in [0.717, 1.165) is 29.7 Å². The van der Waals surface area contributed by atoms with E-state index in [1.165, 1.54) is 11.3 Å². The van der Waals surface area contributed by atoms with Gasteiger partial charge in [0, 0.05) is 10.4 Å². The van der Waals surface area contributed by atoms with Crippen molar-refractivity contribution < 1.29 is 9.53 Å². The Balaban J connectivity index is 2.08. The van der Waals surface area contributed by atoms with Crippen molar-refractivity contribution in [3.05, 3.63) is 45.8 Å². The molecule has 24 heavy (non-hydrogen) atoms. The molecule has 0 saturated heterocycles. The molecular weight excluding hydrogens is 320 g/mol. The lowest BCUT2D eigenvalue weighted by atomic mass is 10.1. The molecule has 0 aliphatic rings. The number of rotatable bonds is 7. The molecule has 2 rings (SSSR count). The number of thiophene rings is 1. The predicted molar refractivity (Wildman–Crippen MR) is 97.9 cm³/mol. The number of aryl methyl sites for hydroxylation is 1. The molecule has 0 atom stereocenters. The van der Waals surface area contributed by atoms with Crippen LogP contribution in [0.3, 0.4) is 0 Å². The van der Waals surface area contributed by atoms with Crippen molar-refractivity contribution in [2.24, 2.45) is 0 Å². The fourth-order valence-electron chi connectivity index (χ4n) is 2.29. The average molecular weight is 342 g/mol. The molecule has 2 aromatic rings. The fourth-order valence-corrected chi connectivity index (χ4v) is 3.30. The maximum atomic E-state index is 12.5. The molecule has 0 unspecified atom stereocenters. The standard InChI is InChI=1S/C19H22N2O2S/c1-4-5-6-10-23-16-9-7-8-15(11-16)18(22)21-19-17(12-20)13(2)14(3)24-19/h7-9,11H,4-6,10H2,1-3H3,(H,21,22). The van der Waals surface area contributed by atoms with Crippen LogP contribution < -0.4 is 10.1 Å². The van der Waals surface area contributed by atoms with E-state index in [-0.39, 0.29) is 5.91 Å². The van der Waals surface area contributed by atoms with Crippen molar-refractivity contribution in [3.8, 4) is 11.8 Å². The molecule has 0 saturated carbocycles. The summed E-state index contributed by atoms with van der Waals surface area (Å²) >= 11 is 1.43. The van der Waals surface area contributed by atoms with E-state index in [9.17, 15) is 10.1 Å². The minimum atomic E-state index is -0.230. The van der Waals surface area contributed by atoms with E-state index in [1.54, 1.807) is 18.2 Å². The smallest absolute Gasteiger partial charge is 0.256 e. The van der Waals surface area contributed by atoms with Crippen LogP contribution in [0.25, 0.3) is 0 Å². The quantitative estimate of drug-likeness (QED) is 0.716. The van der Waals surface area contributed by atoms with Gasteiger partial charge in [0.25, 0.3) is 5.91 Å². The molecule has 0 fully saturated rings. The lowest BCUT2D eigenvalue weighted by molar-refractivity contribution is 0.102. The van der Waals surface area contributed by atoms with Crippen LogP contribution in [0.15, 0.2) is 24.3 Å². The van der Waals surface area contributed by atoms with Gasteiger partial charge in [-0.1, -0.05) is 25.8 Å². The first kappa shape index (κ1) is 18.0. The third-order valence-corrected chi connectivity index (χ3v) is 4.96. The second-order valence-corrected chi connectivity index (χ2v) is 6.86. The lowest BCUT2D eigenvalue weighted by Gasteiger charge is -2.08. The van der Waals surface area contributed by atoms with Gasteiger partial charge in [-0.05, 0) is 44.0 Å². The summed E-state index contributed by atoms with van der Waals surface area (Å²) in [5.41, 5.74) is 1.99. The number of benzene rings is 1. The first-order valence-corrected chi connectivity index (χ1v) is 8.92. The molecular formula is C19H22N2O2S. The van der Waals surface area contributed by atoms with Crippen LogP contribution >= 0.6 is 11.3 Å². The number of nitriles is 1. The van der Waals surface area contributed by atoms with Crippen LogP contribution in [0.2, 0.25) is 0 Å². The zero-order valence-corrected chi connectivity index (χ0v) is 15.1. The molecule has 1 aromatic heterocycles. The second kappa shape index (κ2) is 8.51. The fraction of sp³-hybridized carbons (Fsp3) is 0.368. The highest BCUT2D eigenvalue weighted by Gasteiger charge is 2.15. The summed E-state index contributed by atoms with van der Waals surface area (Å²) in [4.78, 5) is 13.5. The third kappa shape index (κ3) is 4.36. The molecule has 1 heterocycles. The third-order valence-electron chi connectivity index (χ3n) is 3.84. The van der Waals surface area contributed by atoms with E-state index in [4.69, 9.17) is 4.74 Å². The van der Waals surface area contributed by atoms with Gasteiger partial charge >= 0.3 is 0 Å². The van der Waals surface area contributed by atoms with Crippen LogP contribution in [0.4, 0.5) is 5.00 Å². The highest BCUT2D eigenvalue weighted by Crippen LogP contribution is 2.32. The monoisotopic (exact) mass is 342 g/mol. The number of hydrogen-bond donors (Lipinski definition) is 1. The van der Waals surface area contributed by atoms with Crippen molar-refractivity contribution in [2.75, 3.05) is 11.9 Å². The molecule has 5 heteroatoms. The molecule has 4 nitrogen and oxygen atoms in total. The molecule has 0 bridgehead atoms. The zero-order valence-electron chi connectivity index (χ0n) is 14.3. The topological polar surface area (TPSA) is 62.1 Å². The van der Waals surface area contributed by atoms with E-state index < -0.39 is 0 Å². The van der Waals surface area contributed by atoms with Crippen LogP contribution in [0.5, 0.6) is 5.75 Å². The second-order valence-electron chi connectivity index (χ2n) is 5.64. The number of amides is 1. The minimum absolute atomic E-state index is 0.230. The molecule has 0 aliphatic heterocycles. The van der Waals surface area contributed by atoms with Gasteiger partial charge in [0.05, 0.1) is 12.2 Å². The van der Waals surface area contributed by atoms with Crippen molar-refractivity contribution in [1.82, 2.24) is 0 Å². The largest absolute Gasteiger partial charge is 0.494 e. The summed E-state index contributed by atoms with van der Waals surface area (Å²) in [5, 5.41) is 12.7. The Morgan fingerprint density at radius 2 is 2.12 bits per heavy atom. The van der Waals surface area contributed by atoms with Crippen molar-refractivity contribution >= 4 is 22.2 Å². The van der Waals surface area contributed by atoms with Crippen molar-refractivity contribution in [1.29, 1.82) is 5.26 Å². The highest BCUT2D eigenvalue weighted by molar-refractivity contribution is 7.16. The minimum Gasteiger partial charge on any atom is -0.494 e. The van der Waals surface area contributed by atoms with Crippen LogP contribution in [0, 0.1) is 25.2 Å². The van der Waals surface area contributed by atoms with Crippen LogP contribution in [0.1, 0.15) is 52.5 Å². The van der Waals surface area contributed by atoms with E-state index in [2.05, 4.69) is 18.3 Å². The molecule has 126 valence electrons. The number of carbonyl (C=O) groups excluding carboxylic acids is 1. The van der Waals surface area contributed by atoms with E-state index >= 15 is 0 Å². The van der Waals surface area contributed by atoms with E-state index in [1.807, 2.05) is 19.9 Å². The first-order valence-electron chi connectivity index (χ1n) is 8.11. The van der Waals surface area contributed by atoms with Crippen molar-refractivity contribution in [3.63, 3.8) is 0 Å². The Kier molecular flexibility index (Phi) is 6.39. The Morgan fingerprint density at radius 3 is 2.83 bits per heavy atom. The summed E-state index contributed by atoms with van der Waals surface area (Å²) < 4.78 is 5.69. The van der Waals surface area contributed by atoms with Gasteiger partial charge < -0.3 is 10.1 Å². The number of unbranched alkanes of at least 4 members (excludes halogenated alkanes) is 2. The number of anilines is 1. The number of hydrogen-bond acceptors (Lipinski definition) is 4. The van der Waals surface area contributed by atoms with Crippen molar-refractivity contribution in [2.45, 2.75) is 40.0 Å². The predicted octanol–water partition coefficient (Wildman–Crippen LogP) is 5.06. The Hall–Kier alpha value is -2.32. The van der Waals surface area contributed by atoms with Gasteiger partial charge in [-0.25, -0.2) is 0 Å². The molecule has 1 amide bonds. The maximum absolute atomic E-state index is 12.5. The number of ether oxygens (including phenoxy) is 1. The van der Waals surface area contributed by atoms with E-state index in [0.29, 0.717) is 28.5 Å². The molecule has 0 radical (unpaired) electrons. The van der Waals surface area contributed by atoms with Gasteiger partial charge in [-0.2, -0.15) is 5.26 Å². The van der Waals surface area contributed by atoms with Gasteiger partial charge in [-0.3, -0.25) is 4.79 Å². The van der Waals surface area contributed by atoms with Crippen LogP contribution in [-0.2, 0) is 0 Å². The van der Waals surface area contributed by atoms with Gasteiger partial charge in [0.2, 0.25) is 0 Å². The SMILES string of the molecule is CCCCCOc1cccc(C(=O)Nc2sc(C)c(C)c2C#N)c1. The number of carbonyl (C=O) groups is 1. The highest BCUT2D eigenvalue weighted by atomic mass is 32.1. The Bertz CT molecular complexity index is 759. The summed E-state index contributed by atoms with van der Waals surface area (Å²) in [6.07, 6.45) is 3.28. The summed E-state index contributed by atoms with van der Waals surface area (Å²) in [7, 11) is 0. The Labute approximate surface area is 147 Å². The van der Waals surface area contributed by atoms with Gasteiger partial charge in [0.15, 0.2) is 0 Å². The zero-order chi connectivity index (χ0) is 17.5. The molecule has 0 spiro atoms. The van der Waals surface area contributed by atoms with Gasteiger partial charge in [-0.15, -0.1) is 11.3 Å². The number of nitrogens with one attached hydrogen (secondary N) is 1. The molecule has 1 N–H and O–H groups in total. The normalized spacial score (nSPS) is 10.2.